The molecule has 27 heavy (non-hydrogen) atoms. The van der Waals surface area contributed by atoms with Crippen molar-refractivity contribution in [1.82, 2.24) is 15.4 Å². The van der Waals surface area contributed by atoms with Gasteiger partial charge in [0.05, 0.1) is 12.6 Å². The van der Waals surface area contributed by atoms with E-state index in [-0.39, 0.29) is 6.42 Å². The molecule has 140 valence electrons. The SMILES string of the molecule is COc1ccc(N(C)c2nc(CCCC(=O)NO)nc3ccccc23)cc1. The number of amides is 1. The van der Waals surface area contributed by atoms with Crippen LogP contribution in [0.15, 0.2) is 48.5 Å². The minimum atomic E-state index is -0.411. The molecule has 7 nitrogen and oxygen atoms in total. The van der Waals surface area contributed by atoms with Gasteiger partial charge in [0.25, 0.3) is 0 Å². The van der Waals surface area contributed by atoms with E-state index in [4.69, 9.17) is 14.9 Å². The van der Waals surface area contributed by atoms with E-state index in [0.717, 1.165) is 28.2 Å². The summed E-state index contributed by atoms with van der Waals surface area (Å²) in [6, 6.07) is 15.6. The third-order valence-corrected chi connectivity index (χ3v) is 4.34. The topological polar surface area (TPSA) is 87.6 Å². The molecule has 0 spiro atoms. The maximum atomic E-state index is 11.2. The molecule has 2 N–H and O–H groups in total. The third-order valence-electron chi connectivity index (χ3n) is 4.34. The van der Waals surface area contributed by atoms with Crippen LogP contribution in [0.5, 0.6) is 5.75 Å². The van der Waals surface area contributed by atoms with Crippen LogP contribution >= 0.6 is 0 Å². The third kappa shape index (κ3) is 4.32. The zero-order chi connectivity index (χ0) is 19.2. The van der Waals surface area contributed by atoms with Gasteiger partial charge in [0, 0.05) is 31.0 Å². The largest absolute Gasteiger partial charge is 0.497 e. The molecular formula is C20H22N4O3. The number of carbonyl (C=O) groups is 1. The fourth-order valence-electron chi connectivity index (χ4n) is 2.87. The lowest BCUT2D eigenvalue weighted by molar-refractivity contribution is -0.129. The molecule has 3 aromatic rings. The Morgan fingerprint density at radius 1 is 1.15 bits per heavy atom. The molecule has 0 radical (unpaired) electrons. The Morgan fingerprint density at radius 3 is 2.59 bits per heavy atom. The molecule has 2 aromatic carbocycles. The first-order chi connectivity index (χ1) is 13.1. The summed E-state index contributed by atoms with van der Waals surface area (Å²) in [5.74, 6) is 1.84. The smallest absolute Gasteiger partial charge is 0.243 e. The van der Waals surface area contributed by atoms with Crippen LogP contribution in [-0.4, -0.2) is 35.2 Å². The molecule has 0 bridgehead atoms. The van der Waals surface area contributed by atoms with E-state index in [1.807, 2.05) is 60.5 Å². The lowest BCUT2D eigenvalue weighted by atomic mass is 10.2. The number of carbonyl (C=O) groups excluding carboxylic acids is 1. The summed E-state index contributed by atoms with van der Waals surface area (Å²) in [6.45, 7) is 0. The number of fused-ring (bicyclic) bond motifs is 1. The highest BCUT2D eigenvalue weighted by atomic mass is 16.5. The lowest BCUT2D eigenvalue weighted by Gasteiger charge is -2.21. The number of rotatable bonds is 7. The summed E-state index contributed by atoms with van der Waals surface area (Å²) < 4.78 is 5.22. The number of anilines is 2. The highest BCUT2D eigenvalue weighted by Gasteiger charge is 2.13. The summed E-state index contributed by atoms with van der Waals surface area (Å²) in [5.41, 5.74) is 3.47. The van der Waals surface area contributed by atoms with Gasteiger partial charge in [-0.2, -0.15) is 0 Å². The second kappa shape index (κ2) is 8.46. The molecule has 0 atom stereocenters. The van der Waals surface area contributed by atoms with Crippen molar-refractivity contribution in [3.8, 4) is 5.75 Å². The molecule has 1 heterocycles. The molecule has 0 aliphatic heterocycles. The van der Waals surface area contributed by atoms with E-state index < -0.39 is 5.91 Å². The average Bonchev–Trinajstić information content (AvgIpc) is 2.72. The van der Waals surface area contributed by atoms with Gasteiger partial charge in [0.15, 0.2) is 0 Å². The van der Waals surface area contributed by atoms with Gasteiger partial charge in [0.2, 0.25) is 5.91 Å². The number of aromatic nitrogens is 2. The summed E-state index contributed by atoms with van der Waals surface area (Å²) >= 11 is 0. The van der Waals surface area contributed by atoms with Crippen molar-refractivity contribution < 1.29 is 14.7 Å². The minimum Gasteiger partial charge on any atom is -0.497 e. The van der Waals surface area contributed by atoms with Gasteiger partial charge in [-0.15, -0.1) is 0 Å². The summed E-state index contributed by atoms with van der Waals surface area (Å²) in [4.78, 5) is 22.6. The molecule has 1 amide bonds. The second-order valence-corrected chi connectivity index (χ2v) is 6.13. The van der Waals surface area contributed by atoms with Gasteiger partial charge in [-0.25, -0.2) is 15.4 Å². The number of benzene rings is 2. The highest BCUT2D eigenvalue weighted by molar-refractivity contribution is 5.91. The van der Waals surface area contributed by atoms with E-state index in [9.17, 15) is 4.79 Å². The van der Waals surface area contributed by atoms with Crippen molar-refractivity contribution in [2.24, 2.45) is 0 Å². The van der Waals surface area contributed by atoms with Crippen LogP contribution in [0.25, 0.3) is 10.9 Å². The van der Waals surface area contributed by atoms with Crippen molar-refractivity contribution in [2.45, 2.75) is 19.3 Å². The first-order valence-corrected chi connectivity index (χ1v) is 8.68. The molecule has 0 fully saturated rings. The monoisotopic (exact) mass is 366 g/mol. The summed E-state index contributed by atoms with van der Waals surface area (Å²) in [7, 11) is 3.60. The van der Waals surface area contributed by atoms with Gasteiger partial charge < -0.3 is 9.64 Å². The number of hydrogen-bond donors (Lipinski definition) is 2. The van der Waals surface area contributed by atoms with Crippen LogP contribution < -0.4 is 15.1 Å². The van der Waals surface area contributed by atoms with E-state index in [1.54, 1.807) is 12.6 Å². The average molecular weight is 366 g/mol. The quantitative estimate of drug-likeness (QED) is 0.493. The Balaban J connectivity index is 1.93. The zero-order valence-electron chi connectivity index (χ0n) is 15.3. The van der Waals surface area contributed by atoms with E-state index in [1.165, 1.54) is 0 Å². The molecule has 0 aliphatic carbocycles. The van der Waals surface area contributed by atoms with E-state index >= 15 is 0 Å². The first-order valence-electron chi connectivity index (χ1n) is 8.68. The van der Waals surface area contributed by atoms with Crippen molar-refractivity contribution in [2.75, 3.05) is 19.1 Å². The van der Waals surface area contributed by atoms with E-state index in [2.05, 4.69) is 4.98 Å². The summed E-state index contributed by atoms with van der Waals surface area (Å²) in [5, 5.41) is 9.56. The number of para-hydroxylation sites is 1. The predicted octanol–water partition coefficient (Wildman–Crippen LogP) is 3.23. The first kappa shape index (κ1) is 18.6. The van der Waals surface area contributed by atoms with Gasteiger partial charge in [-0.05, 0) is 42.8 Å². The standard InChI is InChI=1S/C20H22N4O3/c1-24(14-10-12-15(27-2)13-11-14)20-16-6-3-4-7-17(16)21-18(22-20)8-5-9-19(25)23-26/h3-4,6-7,10-13,26H,5,8-9H2,1-2H3,(H,23,25). The molecule has 1 aromatic heterocycles. The van der Waals surface area contributed by atoms with Crippen LogP contribution in [-0.2, 0) is 11.2 Å². The fourth-order valence-corrected chi connectivity index (χ4v) is 2.87. The van der Waals surface area contributed by atoms with Gasteiger partial charge in [-0.3, -0.25) is 10.0 Å². The highest BCUT2D eigenvalue weighted by Crippen LogP contribution is 2.30. The van der Waals surface area contributed by atoms with Gasteiger partial charge in [-0.1, -0.05) is 12.1 Å². The molecule has 0 aliphatic rings. The van der Waals surface area contributed by atoms with Crippen LogP contribution in [0.1, 0.15) is 18.7 Å². The predicted molar refractivity (Wildman–Crippen MR) is 103 cm³/mol. The van der Waals surface area contributed by atoms with Crippen molar-refractivity contribution in [3.63, 3.8) is 0 Å². The van der Waals surface area contributed by atoms with Crippen LogP contribution in [0.2, 0.25) is 0 Å². The molecule has 0 saturated carbocycles. The Morgan fingerprint density at radius 2 is 1.89 bits per heavy atom. The number of methoxy groups -OCH3 is 1. The summed E-state index contributed by atoms with van der Waals surface area (Å²) in [6.07, 6.45) is 1.31. The molecule has 0 saturated heterocycles. The number of aryl methyl sites for hydroxylation is 1. The normalized spacial score (nSPS) is 10.6. The maximum absolute atomic E-state index is 11.2. The number of hydroxylamine groups is 1. The number of nitrogens with one attached hydrogen (secondary N) is 1. The van der Waals surface area contributed by atoms with Crippen molar-refractivity contribution in [1.29, 1.82) is 0 Å². The fraction of sp³-hybridized carbons (Fsp3) is 0.250. The van der Waals surface area contributed by atoms with Crippen molar-refractivity contribution in [3.05, 3.63) is 54.4 Å². The molecule has 7 heteroatoms. The van der Waals surface area contributed by atoms with Crippen molar-refractivity contribution >= 4 is 28.3 Å². The van der Waals surface area contributed by atoms with E-state index in [0.29, 0.717) is 18.7 Å². The number of ether oxygens (including phenoxy) is 1. The molecule has 3 rings (SSSR count). The van der Waals surface area contributed by atoms with Crippen LogP contribution in [0, 0.1) is 0 Å². The van der Waals surface area contributed by atoms with Crippen LogP contribution in [0.4, 0.5) is 11.5 Å². The Hall–Kier alpha value is -3.19. The zero-order valence-corrected chi connectivity index (χ0v) is 15.3. The minimum absolute atomic E-state index is 0.219. The Bertz CT molecular complexity index is 928. The lowest BCUT2D eigenvalue weighted by Crippen LogP contribution is -2.18. The Kier molecular flexibility index (Phi) is 5.83. The van der Waals surface area contributed by atoms with Crippen LogP contribution in [0.3, 0.4) is 0 Å². The molecular weight excluding hydrogens is 344 g/mol. The number of nitrogens with zero attached hydrogens (tertiary/aromatic N) is 3. The Labute approximate surface area is 157 Å². The second-order valence-electron chi connectivity index (χ2n) is 6.13. The van der Waals surface area contributed by atoms with Gasteiger partial charge in [0.1, 0.15) is 17.4 Å². The number of hydrogen-bond acceptors (Lipinski definition) is 6. The maximum Gasteiger partial charge on any atom is 0.243 e. The molecule has 0 unspecified atom stereocenters. The van der Waals surface area contributed by atoms with Gasteiger partial charge >= 0.3 is 0 Å².